The van der Waals surface area contributed by atoms with Gasteiger partial charge in [-0.3, -0.25) is 9.69 Å². The molecule has 8 atom stereocenters. The summed E-state index contributed by atoms with van der Waals surface area (Å²) in [6.07, 6.45) is 1.61. The summed E-state index contributed by atoms with van der Waals surface area (Å²) in [5.74, 6) is -1.82. The van der Waals surface area contributed by atoms with Crippen molar-refractivity contribution in [3.8, 4) is 0 Å². The highest BCUT2D eigenvalue weighted by Gasteiger charge is 2.77. The van der Waals surface area contributed by atoms with Gasteiger partial charge in [-0.15, -0.1) is 0 Å². The first-order valence-corrected chi connectivity index (χ1v) is 13.8. The molecule has 6 rings (SSSR count). The van der Waals surface area contributed by atoms with Crippen molar-refractivity contribution in [2.24, 2.45) is 34.5 Å². The van der Waals surface area contributed by atoms with Crippen LogP contribution in [0.1, 0.15) is 48.0 Å². The van der Waals surface area contributed by atoms with E-state index in [-0.39, 0.29) is 35.3 Å². The summed E-state index contributed by atoms with van der Waals surface area (Å²) >= 11 is 0. The Labute approximate surface area is 229 Å². The number of fused-ring (bicyclic) bond motifs is 5. The summed E-state index contributed by atoms with van der Waals surface area (Å²) < 4.78 is 33.0. The van der Waals surface area contributed by atoms with Gasteiger partial charge in [0, 0.05) is 13.0 Å². The zero-order chi connectivity index (χ0) is 28.3. The minimum atomic E-state index is -1.91. The molecule has 1 aliphatic heterocycles. The van der Waals surface area contributed by atoms with Gasteiger partial charge in [0.1, 0.15) is 11.9 Å². The van der Waals surface area contributed by atoms with Crippen LogP contribution >= 0.6 is 0 Å². The van der Waals surface area contributed by atoms with E-state index in [4.69, 9.17) is 14.2 Å². The summed E-state index contributed by atoms with van der Waals surface area (Å²) in [5.41, 5.74) is -1.91. The molecule has 1 saturated heterocycles. The normalized spacial score (nSPS) is 41.1. The van der Waals surface area contributed by atoms with Crippen LogP contribution in [-0.4, -0.2) is 54.2 Å². The van der Waals surface area contributed by atoms with Gasteiger partial charge in [0.15, 0.2) is 23.3 Å². The van der Waals surface area contributed by atoms with E-state index in [1.54, 1.807) is 32.9 Å². The van der Waals surface area contributed by atoms with Gasteiger partial charge in [-0.1, -0.05) is 45.1 Å². The second-order valence-corrected chi connectivity index (χ2v) is 13.3. The number of halogens is 1. The van der Waals surface area contributed by atoms with Crippen LogP contribution in [0.2, 0.25) is 0 Å². The summed E-state index contributed by atoms with van der Waals surface area (Å²) in [5, 5.41) is 13.0. The lowest BCUT2D eigenvalue weighted by Crippen LogP contribution is -2.68. The fourth-order valence-corrected chi connectivity index (χ4v) is 8.30. The molecule has 1 aromatic rings. The number of rotatable bonds is 2. The number of allylic oxidation sites excluding steroid dienone is 1. The van der Waals surface area contributed by atoms with E-state index in [1.807, 2.05) is 19.1 Å². The molecule has 4 aliphatic carbocycles. The Balaban J connectivity index is 1.48. The third-order valence-corrected chi connectivity index (χ3v) is 10.4. The average molecular weight is 540 g/mol. The van der Waals surface area contributed by atoms with Crippen LogP contribution in [0.5, 0.6) is 0 Å². The second-order valence-electron chi connectivity index (χ2n) is 13.3. The number of amides is 1. The number of hydrogen-bond acceptors (Lipinski definition) is 6. The highest BCUT2D eigenvalue weighted by molar-refractivity contribution is 5.96. The quantitative estimate of drug-likeness (QED) is 0.531. The number of carbonyl (C=O) groups excluding carboxylic acids is 2. The topological polar surface area (TPSA) is 85.3 Å². The van der Waals surface area contributed by atoms with Crippen LogP contribution in [-0.2, 0) is 19.0 Å². The van der Waals surface area contributed by atoms with Crippen molar-refractivity contribution < 1.29 is 33.3 Å². The molecular weight excluding hydrogens is 501 g/mol. The molecule has 1 amide bonds. The molecule has 7 nitrogen and oxygen atoms in total. The Kier molecular flexibility index (Phi) is 5.63. The lowest BCUT2D eigenvalue weighted by Gasteiger charge is -2.52. The Morgan fingerprint density at radius 3 is 2.59 bits per heavy atom. The van der Waals surface area contributed by atoms with Gasteiger partial charge in [0.2, 0.25) is 0 Å². The lowest BCUT2D eigenvalue weighted by molar-refractivity contribution is -0.302. The van der Waals surface area contributed by atoms with E-state index in [1.165, 1.54) is 19.2 Å². The minimum Gasteiger partial charge on any atom is -0.438 e. The van der Waals surface area contributed by atoms with Crippen molar-refractivity contribution in [1.82, 2.24) is 0 Å². The average Bonchev–Trinajstić information content (AvgIpc) is 3.36. The molecule has 1 aromatic carbocycles. The third-order valence-electron chi connectivity index (χ3n) is 10.4. The Morgan fingerprint density at radius 1 is 1.21 bits per heavy atom. The van der Waals surface area contributed by atoms with E-state index >= 15 is 0 Å². The van der Waals surface area contributed by atoms with Crippen molar-refractivity contribution in [2.45, 2.75) is 71.6 Å². The monoisotopic (exact) mass is 539 g/mol. The van der Waals surface area contributed by atoms with Crippen LogP contribution in [0.15, 0.2) is 47.6 Å². The van der Waals surface area contributed by atoms with Gasteiger partial charge in [-0.05, 0) is 73.6 Å². The van der Waals surface area contributed by atoms with Crippen molar-refractivity contribution in [2.75, 3.05) is 18.6 Å². The number of anilines is 1. The molecule has 210 valence electrons. The zero-order valence-electron chi connectivity index (χ0n) is 23.7. The maximum atomic E-state index is 14.7. The van der Waals surface area contributed by atoms with Crippen molar-refractivity contribution >= 4 is 17.6 Å². The first-order valence-electron chi connectivity index (χ1n) is 13.8. The summed E-state index contributed by atoms with van der Waals surface area (Å²) in [6.45, 7) is 12.0. The van der Waals surface area contributed by atoms with Crippen molar-refractivity contribution in [3.05, 3.63) is 53.4 Å². The fourth-order valence-electron chi connectivity index (χ4n) is 8.30. The molecule has 0 unspecified atom stereocenters. The number of Topliss-reactive ketones (excluding diaryl/α,β-unsaturated/α-hetero) is 1. The summed E-state index contributed by atoms with van der Waals surface area (Å²) in [6, 6.07) is 5.92. The number of ether oxygens (including phenoxy) is 3. The molecule has 3 fully saturated rings. The molecule has 8 heteroatoms. The van der Waals surface area contributed by atoms with Gasteiger partial charge < -0.3 is 19.3 Å². The molecule has 1 N–H and O–H groups in total. The highest BCUT2D eigenvalue weighted by atomic mass is 19.1. The second kappa shape index (κ2) is 8.24. The largest absolute Gasteiger partial charge is 0.438 e. The lowest BCUT2D eigenvalue weighted by atomic mass is 9.59. The number of para-hydroxylation sites is 1. The first-order chi connectivity index (χ1) is 18.2. The first kappa shape index (κ1) is 26.7. The number of carbonyl (C=O) groups is 2. The van der Waals surface area contributed by atoms with Crippen LogP contribution in [0.25, 0.3) is 0 Å². The molecule has 5 aliphatic rings. The molecule has 2 bridgehead atoms. The molecule has 2 saturated carbocycles. The predicted molar refractivity (Wildman–Crippen MR) is 142 cm³/mol. The van der Waals surface area contributed by atoms with E-state index in [2.05, 4.69) is 13.8 Å². The SMILES string of the molecule is CC1=C[C@]23C(=O)[C@@H](C=C4COC(C)(C)O[C@H]4[C@]2(O)[C@H]1OC(=O)N(C)c1ccccc1F)[C@H]1[C@@H](C[C@H]3C)C1(C)C. The van der Waals surface area contributed by atoms with Gasteiger partial charge >= 0.3 is 6.09 Å². The number of ketones is 1. The third kappa shape index (κ3) is 3.44. The van der Waals surface area contributed by atoms with E-state index < -0.39 is 46.8 Å². The Hall–Kier alpha value is -2.55. The summed E-state index contributed by atoms with van der Waals surface area (Å²) in [7, 11) is 1.42. The Bertz CT molecular complexity index is 1320. The maximum absolute atomic E-state index is 14.7. The van der Waals surface area contributed by atoms with Crippen LogP contribution < -0.4 is 4.90 Å². The number of nitrogens with zero attached hydrogens (tertiary/aromatic N) is 1. The van der Waals surface area contributed by atoms with Gasteiger partial charge in [-0.25, -0.2) is 9.18 Å². The van der Waals surface area contributed by atoms with Crippen molar-refractivity contribution in [1.29, 1.82) is 0 Å². The maximum Gasteiger partial charge on any atom is 0.414 e. The van der Waals surface area contributed by atoms with Crippen molar-refractivity contribution in [3.63, 3.8) is 0 Å². The zero-order valence-corrected chi connectivity index (χ0v) is 23.7. The highest BCUT2D eigenvalue weighted by Crippen LogP contribution is 2.72. The van der Waals surface area contributed by atoms with Crippen LogP contribution in [0, 0.1) is 40.3 Å². The summed E-state index contributed by atoms with van der Waals surface area (Å²) in [4.78, 5) is 29.3. The molecule has 1 heterocycles. The van der Waals surface area contributed by atoms with Crippen LogP contribution in [0.3, 0.4) is 0 Å². The van der Waals surface area contributed by atoms with E-state index in [9.17, 15) is 19.1 Å². The molecular formula is C31H38FNO6. The minimum absolute atomic E-state index is 0.00651. The fraction of sp³-hybridized carbons (Fsp3) is 0.613. The predicted octanol–water partition coefficient (Wildman–Crippen LogP) is 5.03. The molecule has 39 heavy (non-hydrogen) atoms. The van der Waals surface area contributed by atoms with Gasteiger partial charge in [-0.2, -0.15) is 0 Å². The molecule has 0 aromatic heterocycles. The van der Waals surface area contributed by atoms with Crippen LogP contribution in [0.4, 0.5) is 14.9 Å². The smallest absolute Gasteiger partial charge is 0.414 e. The standard InChI is InChI=1S/C31H38FNO6/c1-16-14-30-17(2)12-20-23(28(20,3)4)19(24(30)34)13-18-15-37-29(5,6)39-26(18)31(30,36)25(16)38-27(35)33(7)22-11-9-8-10-21(22)32/h8-11,13-14,17,19-20,23,25-26,36H,12,15H2,1-7H3/t17-,19+,20-,23+,25+,26-,30+,31-/m1/s1. The number of aliphatic hydroxyl groups is 1. The Morgan fingerprint density at radius 2 is 1.90 bits per heavy atom. The van der Waals surface area contributed by atoms with Gasteiger partial charge in [0.05, 0.1) is 17.7 Å². The van der Waals surface area contributed by atoms with E-state index in [0.29, 0.717) is 17.1 Å². The molecule has 0 radical (unpaired) electrons. The number of benzene rings is 1. The van der Waals surface area contributed by atoms with Gasteiger partial charge in [0.25, 0.3) is 0 Å². The molecule has 1 spiro atoms. The number of hydrogen-bond donors (Lipinski definition) is 1. The van der Waals surface area contributed by atoms with E-state index in [0.717, 1.165) is 11.3 Å².